The van der Waals surface area contributed by atoms with E-state index >= 15 is 0 Å². The molecule has 0 saturated carbocycles. The van der Waals surface area contributed by atoms with Crippen molar-refractivity contribution in [1.82, 2.24) is 14.5 Å². The Balaban J connectivity index is 2.08. The Kier molecular flexibility index (Phi) is 4.38. The molecule has 5 nitrogen and oxygen atoms in total. The number of methoxy groups -OCH3 is 1. The third-order valence-corrected chi connectivity index (χ3v) is 4.42. The summed E-state index contributed by atoms with van der Waals surface area (Å²) in [6, 6.07) is 13.7. The maximum atomic E-state index is 13.5. The molecule has 0 spiro atoms. The van der Waals surface area contributed by atoms with Crippen LogP contribution in [0.2, 0.25) is 0 Å². The Bertz CT molecular complexity index is 1110. The minimum atomic E-state index is -0.364. The van der Waals surface area contributed by atoms with Gasteiger partial charge in [-0.05, 0) is 42.0 Å². The van der Waals surface area contributed by atoms with Crippen molar-refractivity contribution in [2.75, 3.05) is 7.11 Å². The SMILES string of the molecule is COC(=O)Cn1c(-c2ccncc2)c(-c2ccc(F)cc2)c2ncccc21. The monoisotopic (exact) mass is 361 g/mol. The van der Waals surface area contributed by atoms with Crippen molar-refractivity contribution in [3.05, 3.63) is 72.9 Å². The van der Waals surface area contributed by atoms with Crippen LogP contribution in [0.25, 0.3) is 33.4 Å². The molecule has 27 heavy (non-hydrogen) atoms. The summed E-state index contributed by atoms with van der Waals surface area (Å²) in [6.07, 6.45) is 5.09. The lowest BCUT2D eigenvalue weighted by molar-refractivity contribution is -0.141. The standard InChI is InChI=1S/C21H16FN3O2/c1-27-18(26)13-25-17-3-2-10-24-20(17)19(14-4-6-16(22)7-5-14)21(25)15-8-11-23-12-9-15/h2-12H,13H2,1H3. The summed E-state index contributed by atoms with van der Waals surface area (Å²) in [5.41, 5.74) is 4.87. The predicted octanol–water partition coefficient (Wildman–Crippen LogP) is 4.08. The van der Waals surface area contributed by atoms with Crippen LogP contribution in [0.5, 0.6) is 0 Å². The first-order chi connectivity index (χ1) is 13.2. The quantitative estimate of drug-likeness (QED) is 0.514. The van der Waals surface area contributed by atoms with Crippen LogP contribution in [-0.2, 0) is 16.1 Å². The van der Waals surface area contributed by atoms with Gasteiger partial charge in [0.1, 0.15) is 12.4 Å². The summed E-state index contributed by atoms with van der Waals surface area (Å²) in [7, 11) is 1.36. The van der Waals surface area contributed by atoms with Crippen LogP contribution in [0.15, 0.2) is 67.1 Å². The molecule has 0 amide bonds. The summed E-state index contributed by atoms with van der Waals surface area (Å²) in [6.45, 7) is 0.0392. The zero-order chi connectivity index (χ0) is 18.8. The maximum absolute atomic E-state index is 13.5. The number of rotatable bonds is 4. The number of aromatic nitrogens is 3. The van der Waals surface area contributed by atoms with Crippen LogP contribution >= 0.6 is 0 Å². The van der Waals surface area contributed by atoms with E-state index in [0.29, 0.717) is 0 Å². The molecule has 0 saturated heterocycles. The fourth-order valence-electron chi connectivity index (χ4n) is 3.23. The number of carbonyl (C=O) groups is 1. The van der Waals surface area contributed by atoms with E-state index in [1.807, 2.05) is 28.8 Å². The zero-order valence-corrected chi connectivity index (χ0v) is 14.6. The molecular formula is C21H16FN3O2. The number of hydrogen-bond donors (Lipinski definition) is 0. The van der Waals surface area contributed by atoms with Crippen LogP contribution in [0.1, 0.15) is 0 Å². The number of carbonyl (C=O) groups excluding carboxylic acids is 1. The van der Waals surface area contributed by atoms with Crippen molar-refractivity contribution in [2.24, 2.45) is 0 Å². The predicted molar refractivity (Wildman–Crippen MR) is 100 cm³/mol. The van der Waals surface area contributed by atoms with Crippen molar-refractivity contribution >= 4 is 17.0 Å². The molecule has 0 aliphatic heterocycles. The van der Waals surface area contributed by atoms with E-state index in [0.717, 1.165) is 33.4 Å². The molecule has 6 heteroatoms. The second-order valence-electron chi connectivity index (χ2n) is 6.00. The number of pyridine rings is 2. The molecule has 0 aliphatic carbocycles. The van der Waals surface area contributed by atoms with E-state index in [2.05, 4.69) is 9.97 Å². The molecule has 0 aliphatic rings. The average molecular weight is 361 g/mol. The highest BCUT2D eigenvalue weighted by Gasteiger charge is 2.22. The van der Waals surface area contributed by atoms with Gasteiger partial charge in [0.05, 0.1) is 23.8 Å². The highest BCUT2D eigenvalue weighted by Crippen LogP contribution is 2.39. The van der Waals surface area contributed by atoms with Crippen molar-refractivity contribution in [1.29, 1.82) is 0 Å². The van der Waals surface area contributed by atoms with Gasteiger partial charge in [-0.2, -0.15) is 0 Å². The topological polar surface area (TPSA) is 57.0 Å². The van der Waals surface area contributed by atoms with Gasteiger partial charge in [-0.3, -0.25) is 14.8 Å². The van der Waals surface area contributed by atoms with Crippen LogP contribution in [0, 0.1) is 5.82 Å². The number of hydrogen-bond acceptors (Lipinski definition) is 4. The Morgan fingerprint density at radius 1 is 1.04 bits per heavy atom. The van der Waals surface area contributed by atoms with E-state index in [-0.39, 0.29) is 18.3 Å². The van der Waals surface area contributed by atoms with Crippen molar-refractivity contribution < 1.29 is 13.9 Å². The van der Waals surface area contributed by atoms with Crippen molar-refractivity contribution in [3.63, 3.8) is 0 Å². The van der Waals surface area contributed by atoms with Gasteiger partial charge in [0, 0.05) is 29.7 Å². The average Bonchev–Trinajstić information content (AvgIpc) is 3.03. The lowest BCUT2D eigenvalue weighted by atomic mass is 10.0. The van der Waals surface area contributed by atoms with Gasteiger partial charge in [-0.15, -0.1) is 0 Å². The van der Waals surface area contributed by atoms with Crippen LogP contribution in [0.3, 0.4) is 0 Å². The third-order valence-electron chi connectivity index (χ3n) is 4.42. The molecule has 3 heterocycles. The van der Waals surface area contributed by atoms with Crippen molar-refractivity contribution in [2.45, 2.75) is 6.54 Å². The number of nitrogens with zero attached hydrogens (tertiary/aromatic N) is 3. The minimum Gasteiger partial charge on any atom is -0.468 e. The Hall–Kier alpha value is -3.54. The first-order valence-electron chi connectivity index (χ1n) is 8.39. The lowest BCUT2D eigenvalue weighted by Crippen LogP contribution is -2.12. The molecule has 3 aromatic heterocycles. The number of benzene rings is 1. The van der Waals surface area contributed by atoms with Gasteiger partial charge in [0.25, 0.3) is 0 Å². The maximum Gasteiger partial charge on any atom is 0.325 e. The molecule has 0 atom stereocenters. The fourth-order valence-corrected chi connectivity index (χ4v) is 3.23. The number of halogens is 1. The second kappa shape index (κ2) is 6.99. The molecule has 4 rings (SSSR count). The first kappa shape index (κ1) is 16.9. The second-order valence-corrected chi connectivity index (χ2v) is 6.00. The van der Waals surface area contributed by atoms with Gasteiger partial charge in [0.2, 0.25) is 0 Å². The molecule has 0 N–H and O–H groups in total. The molecule has 134 valence electrons. The molecule has 1 aromatic carbocycles. The molecule has 4 aromatic rings. The van der Waals surface area contributed by atoms with E-state index in [1.54, 1.807) is 30.7 Å². The van der Waals surface area contributed by atoms with Gasteiger partial charge < -0.3 is 9.30 Å². The van der Waals surface area contributed by atoms with Gasteiger partial charge in [-0.1, -0.05) is 12.1 Å². The number of fused-ring (bicyclic) bond motifs is 1. The normalized spacial score (nSPS) is 10.9. The van der Waals surface area contributed by atoms with E-state index in [9.17, 15) is 9.18 Å². The van der Waals surface area contributed by atoms with E-state index in [4.69, 9.17) is 4.74 Å². The summed E-state index contributed by atoms with van der Waals surface area (Å²) in [5, 5.41) is 0. The Morgan fingerprint density at radius 3 is 2.48 bits per heavy atom. The Morgan fingerprint density at radius 2 is 1.78 bits per heavy atom. The van der Waals surface area contributed by atoms with Crippen LogP contribution in [-0.4, -0.2) is 27.6 Å². The van der Waals surface area contributed by atoms with E-state index in [1.165, 1.54) is 19.2 Å². The molecule has 0 fully saturated rings. The summed E-state index contributed by atoms with van der Waals surface area (Å²) >= 11 is 0. The number of esters is 1. The molecule has 0 radical (unpaired) electrons. The molecule has 0 bridgehead atoms. The third kappa shape index (κ3) is 3.06. The van der Waals surface area contributed by atoms with Crippen LogP contribution < -0.4 is 0 Å². The van der Waals surface area contributed by atoms with Gasteiger partial charge in [0.15, 0.2) is 0 Å². The number of ether oxygens (including phenoxy) is 1. The zero-order valence-electron chi connectivity index (χ0n) is 14.6. The lowest BCUT2D eigenvalue weighted by Gasteiger charge is -2.11. The summed E-state index contributed by atoms with van der Waals surface area (Å²) in [5.74, 6) is -0.674. The van der Waals surface area contributed by atoms with E-state index < -0.39 is 0 Å². The Labute approximate surface area is 155 Å². The summed E-state index contributed by atoms with van der Waals surface area (Å²) in [4.78, 5) is 20.7. The summed E-state index contributed by atoms with van der Waals surface area (Å²) < 4.78 is 20.2. The van der Waals surface area contributed by atoms with Crippen molar-refractivity contribution in [3.8, 4) is 22.4 Å². The van der Waals surface area contributed by atoms with Gasteiger partial charge in [-0.25, -0.2) is 4.39 Å². The first-order valence-corrected chi connectivity index (χ1v) is 8.39. The van der Waals surface area contributed by atoms with Crippen LogP contribution in [0.4, 0.5) is 4.39 Å². The minimum absolute atomic E-state index is 0.0392. The molecule has 0 unspecified atom stereocenters. The van der Waals surface area contributed by atoms with Gasteiger partial charge >= 0.3 is 5.97 Å². The fraction of sp³-hybridized carbons (Fsp3) is 0.0952. The smallest absolute Gasteiger partial charge is 0.325 e. The highest BCUT2D eigenvalue weighted by atomic mass is 19.1. The highest BCUT2D eigenvalue weighted by molar-refractivity contribution is 6.02. The largest absolute Gasteiger partial charge is 0.468 e. The molecular weight excluding hydrogens is 345 g/mol.